The molecule has 2 N–H and O–H groups in total. The van der Waals surface area contributed by atoms with Crippen molar-refractivity contribution in [2.45, 2.75) is 18.5 Å². The third-order valence-corrected chi connectivity index (χ3v) is 6.24. The predicted molar refractivity (Wildman–Crippen MR) is 127 cm³/mol. The number of nitrogens with zero attached hydrogens (tertiary/aromatic N) is 4. The van der Waals surface area contributed by atoms with Crippen LogP contribution in [-0.2, 0) is 23.1 Å². The number of aryl methyl sites for hydroxylation is 1. The van der Waals surface area contributed by atoms with Gasteiger partial charge in [-0.3, -0.25) is 19.7 Å². The predicted octanol–water partition coefficient (Wildman–Crippen LogP) is 4.25. The molecule has 1 heterocycles. The molecular formula is C20H18Cl2N6O4S. The lowest BCUT2D eigenvalue weighted by atomic mass is 10.2. The van der Waals surface area contributed by atoms with Crippen molar-refractivity contribution in [3.8, 4) is 0 Å². The van der Waals surface area contributed by atoms with Crippen LogP contribution >= 0.6 is 35.0 Å². The Morgan fingerprint density at radius 2 is 1.85 bits per heavy atom. The smallest absolute Gasteiger partial charge is 0.271 e. The van der Waals surface area contributed by atoms with Crippen molar-refractivity contribution in [1.82, 2.24) is 14.8 Å². The number of non-ortho nitro benzene ring substituents is 1. The van der Waals surface area contributed by atoms with Crippen LogP contribution < -0.4 is 10.6 Å². The van der Waals surface area contributed by atoms with Gasteiger partial charge in [0, 0.05) is 24.9 Å². The third kappa shape index (κ3) is 6.44. The zero-order valence-electron chi connectivity index (χ0n) is 17.5. The highest BCUT2D eigenvalue weighted by Crippen LogP contribution is 2.25. The van der Waals surface area contributed by atoms with E-state index in [4.69, 9.17) is 23.2 Å². The maximum atomic E-state index is 12.3. The molecule has 13 heteroatoms. The van der Waals surface area contributed by atoms with Crippen molar-refractivity contribution in [3.63, 3.8) is 0 Å². The first kappa shape index (κ1) is 24.5. The van der Waals surface area contributed by atoms with Crippen LogP contribution in [0.4, 0.5) is 17.1 Å². The number of amides is 2. The number of nitrogens with one attached hydrogen (secondary N) is 2. The van der Waals surface area contributed by atoms with E-state index >= 15 is 0 Å². The number of carbonyl (C=O) groups excluding carboxylic acids is 2. The van der Waals surface area contributed by atoms with Crippen LogP contribution in [0.25, 0.3) is 0 Å². The van der Waals surface area contributed by atoms with Crippen LogP contribution in [0.2, 0.25) is 10.0 Å². The van der Waals surface area contributed by atoms with Gasteiger partial charge < -0.3 is 15.2 Å². The molecule has 3 rings (SSSR count). The van der Waals surface area contributed by atoms with Crippen LogP contribution in [0.3, 0.4) is 0 Å². The molecule has 0 fully saturated rings. The Bertz CT molecular complexity index is 1230. The number of thioether (sulfide) groups is 1. The largest absolute Gasteiger partial charge is 0.326 e. The summed E-state index contributed by atoms with van der Waals surface area (Å²) in [5, 5.41) is 25.5. The lowest BCUT2D eigenvalue weighted by Gasteiger charge is -2.08. The number of halogens is 2. The number of nitro benzene ring substituents is 1. The van der Waals surface area contributed by atoms with Crippen molar-refractivity contribution in [1.29, 1.82) is 0 Å². The van der Waals surface area contributed by atoms with Gasteiger partial charge in [-0.15, -0.1) is 10.2 Å². The van der Waals surface area contributed by atoms with Crippen LogP contribution in [0.1, 0.15) is 11.4 Å². The van der Waals surface area contributed by atoms with E-state index < -0.39 is 4.92 Å². The lowest BCUT2D eigenvalue weighted by molar-refractivity contribution is -0.384. The van der Waals surface area contributed by atoms with Crippen LogP contribution in [0.5, 0.6) is 0 Å². The van der Waals surface area contributed by atoms with Gasteiger partial charge in [-0.1, -0.05) is 41.0 Å². The molecule has 0 saturated carbocycles. The maximum absolute atomic E-state index is 12.3. The van der Waals surface area contributed by atoms with E-state index in [9.17, 15) is 19.7 Å². The molecule has 3 aromatic rings. The highest BCUT2D eigenvalue weighted by Gasteiger charge is 2.16. The van der Waals surface area contributed by atoms with E-state index in [0.29, 0.717) is 38.0 Å². The van der Waals surface area contributed by atoms with E-state index in [2.05, 4.69) is 20.8 Å². The highest BCUT2D eigenvalue weighted by molar-refractivity contribution is 7.99. The maximum Gasteiger partial charge on any atom is 0.271 e. The molecule has 10 nitrogen and oxygen atoms in total. The number of hydrogen-bond acceptors (Lipinski definition) is 7. The Morgan fingerprint density at radius 3 is 2.55 bits per heavy atom. The molecular weight excluding hydrogens is 491 g/mol. The molecule has 0 spiro atoms. The number of benzene rings is 2. The molecule has 2 aromatic carbocycles. The minimum absolute atomic E-state index is 0.00355. The molecule has 0 bridgehead atoms. The highest BCUT2D eigenvalue weighted by atomic mass is 35.5. The second kappa shape index (κ2) is 10.6. The van der Waals surface area contributed by atoms with E-state index in [1.807, 2.05) is 0 Å². The molecule has 0 aliphatic heterocycles. The monoisotopic (exact) mass is 508 g/mol. The van der Waals surface area contributed by atoms with Gasteiger partial charge in [0.25, 0.3) is 5.69 Å². The van der Waals surface area contributed by atoms with Crippen molar-refractivity contribution < 1.29 is 14.5 Å². The van der Waals surface area contributed by atoms with Gasteiger partial charge in [-0.25, -0.2) is 0 Å². The molecule has 0 aliphatic rings. The molecule has 2 amide bonds. The first-order valence-corrected chi connectivity index (χ1v) is 11.2. The van der Waals surface area contributed by atoms with Crippen LogP contribution in [0.15, 0.2) is 41.6 Å². The van der Waals surface area contributed by atoms with E-state index in [1.165, 1.54) is 12.1 Å². The molecule has 1 aromatic heterocycles. The summed E-state index contributed by atoms with van der Waals surface area (Å²) in [6, 6.07) is 9.01. The topological polar surface area (TPSA) is 132 Å². The Morgan fingerprint density at radius 1 is 1.09 bits per heavy atom. The summed E-state index contributed by atoms with van der Waals surface area (Å²) in [6.07, 6.45) is -0.0383. The number of rotatable bonds is 8. The van der Waals surface area contributed by atoms with Crippen LogP contribution in [0, 0.1) is 17.0 Å². The second-order valence-corrected chi connectivity index (χ2v) is 8.66. The average Bonchev–Trinajstić information content (AvgIpc) is 3.10. The fourth-order valence-corrected chi connectivity index (χ4v) is 3.75. The molecule has 0 radical (unpaired) electrons. The van der Waals surface area contributed by atoms with E-state index in [-0.39, 0.29) is 29.7 Å². The minimum atomic E-state index is -0.525. The number of aromatic nitrogens is 3. The number of nitro groups is 1. The van der Waals surface area contributed by atoms with Gasteiger partial charge in [-0.2, -0.15) is 0 Å². The normalized spacial score (nSPS) is 10.7. The summed E-state index contributed by atoms with van der Waals surface area (Å²) >= 11 is 12.9. The van der Waals surface area contributed by atoms with Gasteiger partial charge >= 0.3 is 0 Å². The van der Waals surface area contributed by atoms with Crippen LogP contribution in [-0.4, -0.2) is 37.3 Å². The van der Waals surface area contributed by atoms with Gasteiger partial charge in [0.05, 0.1) is 32.8 Å². The second-order valence-electron chi connectivity index (χ2n) is 6.90. The summed E-state index contributed by atoms with van der Waals surface area (Å²) in [5.41, 5.74) is 1.46. The zero-order chi connectivity index (χ0) is 24.1. The molecule has 0 saturated heterocycles. The molecule has 172 valence electrons. The number of carbonyl (C=O) groups is 2. The summed E-state index contributed by atoms with van der Waals surface area (Å²) in [6.45, 7) is 1.74. The lowest BCUT2D eigenvalue weighted by Crippen LogP contribution is -2.17. The zero-order valence-corrected chi connectivity index (χ0v) is 19.8. The van der Waals surface area contributed by atoms with Gasteiger partial charge in [-0.05, 0) is 30.7 Å². The van der Waals surface area contributed by atoms with Crippen molar-refractivity contribution in [3.05, 3.63) is 67.9 Å². The number of hydrogen-bond donors (Lipinski definition) is 2. The Labute approximate surface area is 202 Å². The molecule has 0 atom stereocenters. The van der Waals surface area contributed by atoms with Gasteiger partial charge in [0.15, 0.2) is 5.16 Å². The van der Waals surface area contributed by atoms with Gasteiger partial charge in [0.1, 0.15) is 5.82 Å². The molecule has 33 heavy (non-hydrogen) atoms. The Kier molecular flexibility index (Phi) is 7.90. The molecule has 0 unspecified atom stereocenters. The van der Waals surface area contributed by atoms with E-state index in [0.717, 1.165) is 11.8 Å². The summed E-state index contributed by atoms with van der Waals surface area (Å²) < 4.78 is 1.62. The Balaban J connectivity index is 1.57. The SMILES string of the molecule is Cc1ccc([N+](=O)[O-])cc1NC(=O)CSc1nnc(CC(=O)Nc2ccc(Cl)c(Cl)c2)n1C. The fraction of sp³-hybridized carbons (Fsp3) is 0.200. The minimum Gasteiger partial charge on any atom is -0.326 e. The molecule has 0 aliphatic carbocycles. The third-order valence-electron chi connectivity index (χ3n) is 4.49. The average molecular weight is 509 g/mol. The quantitative estimate of drug-likeness (QED) is 0.264. The van der Waals surface area contributed by atoms with Crippen molar-refractivity contribution in [2.24, 2.45) is 7.05 Å². The van der Waals surface area contributed by atoms with E-state index in [1.54, 1.807) is 42.8 Å². The fourth-order valence-electron chi connectivity index (χ4n) is 2.72. The Hall–Kier alpha value is -3.15. The van der Waals surface area contributed by atoms with Gasteiger partial charge in [0.2, 0.25) is 11.8 Å². The van der Waals surface area contributed by atoms with Crippen molar-refractivity contribution >= 4 is 63.8 Å². The van der Waals surface area contributed by atoms with Crippen molar-refractivity contribution in [2.75, 3.05) is 16.4 Å². The summed E-state index contributed by atoms with van der Waals surface area (Å²) in [5.74, 6) is -0.265. The summed E-state index contributed by atoms with van der Waals surface area (Å²) in [4.78, 5) is 35.1. The summed E-state index contributed by atoms with van der Waals surface area (Å²) in [7, 11) is 1.69. The standard InChI is InChI=1S/C20H18Cl2N6O4S/c1-11-3-5-13(28(31)32)8-16(11)24-19(30)10-33-20-26-25-17(27(20)2)9-18(29)23-12-4-6-14(21)15(22)7-12/h3-8H,9-10H2,1-2H3,(H,23,29)(H,24,30). The number of anilines is 2. The first-order chi connectivity index (χ1) is 15.6. The first-order valence-electron chi connectivity index (χ1n) is 9.45.